The molecule has 0 unspecified atom stereocenters. The lowest BCUT2D eigenvalue weighted by Gasteiger charge is -2.30. The van der Waals surface area contributed by atoms with Gasteiger partial charge in [-0.15, -0.1) is 0 Å². The van der Waals surface area contributed by atoms with Crippen LogP contribution in [0, 0.1) is 0 Å². The number of nitrogens with zero attached hydrogens (tertiary/aromatic N) is 1. The molecule has 0 bridgehead atoms. The van der Waals surface area contributed by atoms with Crippen LogP contribution in [0.2, 0.25) is 5.02 Å². The molecule has 0 heterocycles. The molecule has 0 saturated heterocycles. The maximum absolute atomic E-state index is 12.9. The monoisotopic (exact) mass is 323 g/mol. The maximum Gasteiger partial charge on any atom is 0.417 e. The smallest absolute Gasteiger partial charge is 0.272 e. The van der Waals surface area contributed by atoms with Crippen LogP contribution >= 0.6 is 11.6 Å². The van der Waals surface area contributed by atoms with E-state index < -0.39 is 28.3 Å². The van der Waals surface area contributed by atoms with Crippen molar-refractivity contribution in [1.82, 2.24) is 0 Å². The van der Waals surface area contributed by atoms with Crippen molar-refractivity contribution in [2.45, 2.75) is 45.9 Å². The average Bonchev–Trinajstić information content (AvgIpc) is 2.33. The first-order chi connectivity index (χ1) is 9.45. The summed E-state index contributed by atoms with van der Waals surface area (Å²) in [4.78, 5) is 17.4. The van der Waals surface area contributed by atoms with Gasteiger partial charge in [0.15, 0.2) is 0 Å². The fraction of sp³-hybridized carbons (Fsp3) is 0.500. The quantitative estimate of drug-likeness (QED) is 0.745. The number of hydrogen-bond acceptors (Lipinski definition) is 2. The van der Waals surface area contributed by atoms with E-state index in [9.17, 15) is 18.0 Å². The Kier molecular flexibility index (Phi) is 5.28. The average molecular weight is 324 g/mol. The highest BCUT2D eigenvalue weighted by Crippen LogP contribution is 2.37. The molecule has 7 heteroatoms. The van der Waals surface area contributed by atoms with Gasteiger partial charge in [0.25, 0.3) is 5.91 Å². The summed E-state index contributed by atoms with van der Waals surface area (Å²) in [5.74, 6) is -0.444. The second-order valence-corrected chi connectivity index (χ2v) is 5.81. The van der Waals surface area contributed by atoms with Crippen LogP contribution in [0.1, 0.15) is 39.7 Å². The van der Waals surface area contributed by atoms with E-state index in [4.69, 9.17) is 16.4 Å². The third-order valence-corrected chi connectivity index (χ3v) is 2.71. The number of hydrogen-bond donors (Lipinski definition) is 0. The van der Waals surface area contributed by atoms with Crippen molar-refractivity contribution in [3.63, 3.8) is 0 Å². The zero-order valence-corrected chi connectivity index (χ0v) is 13.0. The molecule has 0 aliphatic rings. The largest absolute Gasteiger partial charge is 0.417 e. The van der Waals surface area contributed by atoms with Crippen LogP contribution in [0.3, 0.4) is 0 Å². The van der Waals surface area contributed by atoms with Crippen molar-refractivity contribution < 1.29 is 22.8 Å². The molecule has 0 N–H and O–H groups in total. The van der Waals surface area contributed by atoms with E-state index >= 15 is 0 Å². The predicted molar refractivity (Wildman–Crippen MR) is 75.1 cm³/mol. The molecule has 118 valence electrons. The minimum Gasteiger partial charge on any atom is -0.272 e. The third-order valence-electron chi connectivity index (χ3n) is 2.38. The summed E-state index contributed by atoms with van der Waals surface area (Å²) in [5, 5.41) is 0.455. The van der Waals surface area contributed by atoms with Crippen molar-refractivity contribution in [2.24, 2.45) is 0 Å². The normalized spacial score (nSPS) is 12.4. The molecule has 1 amide bonds. The summed E-state index contributed by atoms with van der Waals surface area (Å²) < 4.78 is 38.7. The van der Waals surface area contributed by atoms with E-state index in [0.717, 1.165) is 17.2 Å². The van der Waals surface area contributed by atoms with E-state index in [1.807, 2.05) is 0 Å². The summed E-state index contributed by atoms with van der Waals surface area (Å²) >= 11 is 5.57. The number of rotatable bonds is 3. The van der Waals surface area contributed by atoms with Crippen molar-refractivity contribution >= 4 is 23.2 Å². The number of carbonyl (C=O) groups is 1. The number of hydroxylamine groups is 1. The van der Waals surface area contributed by atoms with Crippen molar-refractivity contribution in [3.8, 4) is 0 Å². The number of halogens is 4. The lowest BCUT2D eigenvalue weighted by Crippen LogP contribution is -2.38. The van der Waals surface area contributed by atoms with E-state index in [-0.39, 0.29) is 12.1 Å². The number of carbonyl (C=O) groups excluding carboxylic acids is 1. The second-order valence-electron chi connectivity index (χ2n) is 5.41. The van der Waals surface area contributed by atoms with E-state index in [1.54, 1.807) is 27.7 Å². The lowest BCUT2D eigenvalue weighted by molar-refractivity contribution is -0.138. The number of alkyl halides is 3. The van der Waals surface area contributed by atoms with E-state index in [1.165, 1.54) is 6.07 Å². The molecule has 0 radical (unpaired) electrons. The molecule has 1 aromatic rings. The summed E-state index contributed by atoms with van der Waals surface area (Å²) in [6.45, 7) is 6.69. The molecule has 0 spiro atoms. The van der Waals surface area contributed by atoms with Gasteiger partial charge >= 0.3 is 6.18 Å². The van der Waals surface area contributed by atoms with Crippen molar-refractivity contribution in [1.29, 1.82) is 0 Å². The van der Waals surface area contributed by atoms with Gasteiger partial charge in [0.2, 0.25) is 0 Å². The van der Waals surface area contributed by atoms with Gasteiger partial charge in [-0.05, 0) is 39.0 Å². The lowest BCUT2D eigenvalue weighted by atomic mass is 10.1. The Labute approximate surface area is 126 Å². The number of anilines is 1. The van der Waals surface area contributed by atoms with Crippen LogP contribution in [0.15, 0.2) is 18.2 Å². The number of benzene rings is 1. The van der Waals surface area contributed by atoms with E-state index in [2.05, 4.69) is 0 Å². The predicted octanol–water partition coefficient (Wildman–Crippen LogP) is 4.83. The molecule has 0 aliphatic heterocycles. The van der Waals surface area contributed by atoms with Gasteiger partial charge in [-0.1, -0.05) is 18.5 Å². The highest BCUT2D eigenvalue weighted by molar-refractivity contribution is 6.31. The number of amides is 1. The van der Waals surface area contributed by atoms with Gasteiger partial charge in [0.05, 0.1) is 21.9 Å². The first-order valence-electron chi connectivity index (χ1n) is 6.34. The van der Waals surface area contributed by atoms with Crippen LogP contribution in [-0.4, -0.2) is 11.5 Å². The summed E-state index contributed by atoms with van der Waals surface area (Å²) in [6, 6.07) is 3.22. The molecular weight excluding hydrogens is 307 g/mol. The Morgan fingerprint density at radius 2 is 1.86 bits per heavy atom. The van der Waals surface area contributed by atoms with Crippen LogP contribution < -0.4 is 5.06 Å². The van der Waals surface area contributed by atoms with E-state index in [0.29, 0.717) is 0 Å². The van der Waals surface area contributed by atoms with Crippen LogP contribution in [0.25, 0.3) is 0 Å². The SMILES string of the molecule is CCC(=O)N(OC(C)(C)C)c1ccc(Cl)c(C(F)(F)F)c1. The zero-order chi connectivity index (χ0) is 16.4. The van der Waals surface area contributed by atoms with Gasteiger partial charge in [-0.3, -0.25) is 9.63 Å². The van der Waals surface area contributed by atoms with Gasteiger partial charge in [-0.25, -0.2) is 0 Å². The summed E-state index contributed by atoms with van der Waals surface area (Å²) in [7, 11) is 0. The minimum atomic E-state index is -4.60. The molecular formula is C14H17ClF3NO2. The summed E-state index contributed by atoms with van der Waals surface area (Å²) in [6.07, 6.45) is -4.50. The van der Waals surface area contributed by atoms with Crippen LogP contribution in [0.5, 0.6) is 0 Å². The van der Waals surface area contributed by atoms with Gasteiger partial charge in [0.1, 0.15) is 0 Å². The molecule has 21 heavy (non-hydrogen) atoms. The fourth-order valence-electron chi connectivity index (χ4n) is 1.52. The Morgan fingerprint density at radius 1 is 1.29 bits per heavy atom. The van der Waals surface area contributed by atoms with Crippen molar-refractivity contribution in [3.05, 3.63) is 28.8 Å². The molecule has 0 aromatic heterocycles. The minimum absolute atomic E-state index is 0.00602. The molecule has 0 fully saturated rings. The molecule has 0 aliphatic carbocycles. The first kappa shape index (κ1) is 17.8. The Balaban J connectivity index is 3.29. The maximum atomic E-state index is 12.9. The zero-order valence-electron chi connectivity index (χ0n) is 12.2. The Morgan fingerprint density at radius 3 is 2.29 bits per heavy atom. The fourth-order valence-corrected chi connectivity index (χ4v) is 1.75. The highest BCUT2D eigenvalue weighted by atomic mass is 35.5. The second kappa shape index (κ2) is 6.23. The Bertz CT molecular complexity index is 524. The Hall–Kier alpha value is -1.27. The molecule has 1 aromatic carbocycles. The molecule has 0 atom stereocenters. The van der Waals surface area contributed by atoms with Crippen molar-refractivity contribution in [2.75, 3.05) is 5.06 Å². The first-order valence-corrected chi connectivity index (χ1v) is 6.72. The highest BCUT2D eigenvalue weighted by Gasteiger charge is 2.34. The third kappa shape index (κ3) is 4.89. The molecule has 3 nitrogen and oxygen atoms in total. The van der Waals surface area contributed by atoms with Crippen LogP contribution in [0.4, 0.5) is 18.9 Å². The van der Waals surface area contributed by atoms with Gasteiger partial charge in [-0.2, -0.15) is 18.2 Å². The van der Waals surface area contributed by atoms with Gasteiger partial charge in [0, 0.05) is 6.42 Å². The summed E-state index contributed by atoms with van der Waals surface area (Å²) in [5.41, 5.74) is -1.75. The standard InChI is InChI=1S/C14H17ClF3NO2/c1-5-12(20)19(21-13(2,3)4)9-6-7-11(15)10(8-9)14(16,17)18/h6-8H,5H2,1-4H3. The van der Waals surface area contributed by atoms with Crippen LogP contribution in [-0.2, 0) is 15.8 Å². The van der Waals surface area contributed by atoms with Gasteiger partial charge < -0.3 is 0 Å². The molecule has 0 saturated carbocycles. The molecule has 1 rings (SSSR count). The topological polar surface area (TPSA) is 29.5 Å².